The van der Waals surface area contributed by atoms with Crippen LogP contribution in [0.15, 0.2) is 84.9 Å². The maximum absolute atomic E-state index is 10.1. The number of hydrogen-bond donors (Lipinski definition) is 1. The van der Waals surface area contributed by atoms with Gasteiger partial charge in [-0.2, -0.15) is 0 Å². The zero-order valence-electron chi connectivity index (χ0n) is 13.8. The minimum absolute atomic E-state index is 0.175. The van der Waals surface area contributed by atoms with Crippen molar-refractivity contribution in [2.24, 2.45) is 0 Å². The molecule has 0 spiro atoms. The number of benzene rings is 3. The van der Waals surface area contributed by atoms with E-state index in [1.54, 1.807) is 0 Å². The van der Waals surface area contributed by atoms with Gasteiger partial charge in [0.1, 0.15) is 0 Å². The summed E-state index contributed by atoms with van der Waals surface area (Å²) < 4.78 is -2.73. The molecule has 1 nitrogen and oxygen atoms in total. The molecule has 0 aromatic heterocycles. The van der Waals surface area contributed by atoms with Crippen molar-refractivity contribution < 1.29 is 5.11 Å². The van der Waals surface area contributed by atoms with Crippen molar-refractivity contribution in [2.45, 2.75) is 0 Å². The Balaban J connectivity index is 2.11. The van der Waals surface area contributed by atoms with Gasteiger partial charge in [-0.15, -0.1) is 0 Å². The van der Waals surface area contributed by atoms with Crippen molar-refractivity contribution in [2.75, 3.05) is 12.8 Å². The summed E-state index contributed by atoms with van der Waals surface area (Å²) >= 11 is 2.72. The fourth-order valence-corrected chi connectivity index (χ4v) is 13.1. The molecule has 1 aliphatic rings. The van der Waals surface area contributed by atoms with E-state index in [2.05, 4.69) is 113 Å². The molecule has 3 aromatic carbocycles. The van der Waals surface area contributed by atoms with Crippen LogP contribution in [0, 0.1) is 0 Å². The summed E-state index contributed by atoms with van der Waals surface area (Å²) in [6.45, 7) is 0.175. The van der Waals surface area contributed by atoms with E-state index in [9.17, 15) is 5.11 Å². The maximum atomic E-state index is 10.1. The van der Waals surface area contributed by atoms with Crippen molar-refractivity contribution in [3.63, 3.8) is 0 Å². The first-order chi connectivity index (χ1) is 12.2. The Morgan fingerprint density at radius 3 is 2.04 bits per heavy atom. The zero-order valence-corrected chi connectivity index (χ0v) is 16.9. The first-order valence-corrected chi connectivity index (χ1v) is 13.7. The summed E-state index contributed by atoms with van der Waals surface area (Å²) in [5, 5.41) is 14.2. The number of rotatable bonds is 4. The van der Waals surface area contributed by atoms with Gasteiger partial charge in [0.05, 0.1) is 0 Å². The van der Waals surface area contributed by atoms with Gasteiger partial charge in [0, 0.05) is 0 Å². The molecule has 1 N–H and O–H groups in total. The third-order valence-electron chi connectivity index (χ3n) is 5.12. The molecule has 1 heterocycles. The number of hydrogen-bond acceptors (Lipinski definition) is 1. The zero-order chi connectivity index (χ0) is 17.4. The molecular weight excluding hydrogens is 438 g/mol. The molecule has 0 radical (unpaired) electrons. The second-order valence-electron chi connectivity index (χ2n) is 6.42. The van der Waals surface area contributed by atoms with Crippen LogP contribution < -0.4 is 10.6 Å². The van der Waals surface area contributed by atoms with Crippen LogP contribution in [0.3, 0.4) is 0 Å². The molecular formula is C22H20IOP. The van der Waals surface area contributed by atoms with Crippen LogP contribution in [-0.4, -0.2) is 17.9 Å². The quantitative estimate of drug-likeness (QED) is 0.429. The van der Waals surface area contributed by atoms with Crippen molar-refractivity contribution in [3.8, 4) is 0 Å². The molecule has 0 atom stereocenters. The summed E-state index contributed by atoms with van der Waals surface area (Å²) in [4.78, 5) is 0. The molecule has 3 aromatic rings. The Morgan fingerprint density at radius 1 is 0.760 bits per heavy atom. The average molecular weight is 458 g/mol. The van der Waals surface area contributed by atoms with Gasteiger partial charge in [-0.05, 0) is 0 Å². The van der Waals surface area contributed by atoms with E-state index >= 15 is 0 Å². The van der Waals surface area contributed by atoms with E-state index in [4.69, 9.17) is 0 Å². The normalized spacial score (nSPS) is 18.6. The first-order valence-electron chi connectivity index (χ1n) is 8.45. The van der Waals surface area contributed by atoms with E-state index < -0.39 is 4.25 Å². The Bertz CT molecular complexity index is 939. The molecule has 0 bridgehead atoms. The van der Waals surface area contributed by atoms with Crippen molar-refractivity contribution in [1.29, 1.82) is 0 Å². The van der Waals surface area contributed by atoms with Gasteiger partial charge in [0.2, 0.25) is 0 Å². The van der Waals surface area contributed by atoms with Crippen LogP contribution in [0.25, 0.3) is 11.4 Å². The summed E-state index contributed by atoms with van der Waals surface area (Å²) in [7, 11) is 0. The molecule has 0 aliphatic carbocycles. The van der Waals surface area contributed by atoms with Crippen LogP contribution in [0.4, 0.5) is 0 Å². The van der Waals surface area contributed by atoms with Gasteiger partial charge in [0.25, 0.3) is 0 Å². The van der Waals surface area contributed by atoms with Gasteiger partial charge >= 0.3 is 162 Å². The van der Waals surface area contributed by atoms with Gasteiger partial charge in [-0.3, -0.25) is 0 Å². The fourth-order valence-electron chi connectivity index (χ4n) is 3.98. The molecule has 0 unspecified atom stereocenters. The van der Waals surface area contributed by atoms with E-state index in [1.165, 1.54) is 27.1 Å². The molecule has 0 saturated heterocycles. The number of aliphatic hydroxyl groups excluding tert-OH is 1. The topological polar surface area (TPSA) is 20.2 Å². The molecule has 3 heteroatoms. The average Bonchev–Trinajstić information content (AvgIpc) is 2.95. The Kier molecular flexibility index (Phi) is 4.31. The molecule has 1 aliphatic heterocycles. The van der Waals surface area contributed by atoms with Crippen LogP contribution in [0.2, 0.25) is 0 Å². The third kappa shape index (κ3) is 2.43. The van der Waals surface area contributed by atoms with Crippen molar-refractivity contribution in [3.05, 3.63) is 96.1 Å². The summed E-state index contributed by atoms with van der Waals surface area (Å²) in [6.07, 6.45) is 3.10. The van der Waals surface area contributed by atoms with Crippen molar-refractivity contribution >= 4 is 48.3 Å². The van der Waals surface area contributed by atoms with Gasteiger partial charge in [0.15, 0.2) is 0 Å². The molecule has 25 heavy (non-hydrogen) atoms. The second-order valence-corrected chi connectivity index (χ2v) is 17.1. The van der Waals surface area contributed by atoms with Crippen LogP contribution in [0.5, 0.6) is 0 Å². The number of fused-ring (bicyclic) bond motifs is 1. The fraction of sp³-hybridized carbons (Fsp3) is 0.0909. The second kappa shape index (κ2) is 6.35. The standard InChI is InChI=1S/C22H20IOP/c23-25(16-15-24,20-12-5-2-6-13-20)21-14-8-7-11-19(21)17-22(25)18-9-3-1-4-10-18/h1-14,17,24H,15-16H2. The summed E-state index contributed by atoms with van der Waals surface area (Å²) in [5.41, 5.74) is 2.54. The molecule has 126 valence electrons. The van der Waals surface area contributed by atoms with Crippen LogP contribution in [-0.2, 0) is 0 Å². The Labute approximate surface area is 161 Å². The van der Waals surface area contributed by atoms with E-state index in [1.807, 2.05) is 0 Å². The number of aliphatic hydroxyl groups is 1. The predicted molar refractivity (Wildman–Crippen MR) is 119 cm³/mol. The van der Waals surface area contributed by atoms with Gasteiger partial charge < -0.3 is 0 Å². The molecule has 0 amide bonds. The third-order valence-corrected chi connectivity index (χ3v) is 16.6. The summed E-state index contributed by atoms with van der Waals surface area (Å²) in [5.74, 6) is 0. The Morgan fingerprint density at radius 2 is 1.36 bits per heavy atom. The van der Waals surface area contributed by atoms with E-state index in [-0.39, 0.29) is 6.61 Å². The molecule has 0 saturated carbocycles. The van der Waals surface area contributed by atoms with Gasteiger partial charge in [-0.1, -0.05) is 0 Å². The molecule has 4 rings (SSSR count). The predicted octanol–water partition coefficient (Wildman–Crippen LogP) is 5.04. The van der Waals surface area contributed by atoms with Crippen LogP contribution in [0.1, 0.15) is 11.1 Å². The van der Waals surface area contributed by atoms with Crippen LogP contribution >= 0.6 is 26.3 Å². The Hall–Kier alpha value is -1.48. The molecule has 0 fully saturated rings. The van der Waals surface area contributed by atoms with Gasteiger partial charge in [-0.25, -0.2) is 0 Å². The summed E-state index contributed by atoms with van der Waals surface area (Å²) in [6, 6.07) is 30.1. The number of halogens is 1. The van der Waals surface area contributed by atoms with Crippen molar-refractivity contribution in [1.82, 2.24) is 0 Å². The van der Waals surface area contributed by atoms with E-state index in [0.717, 1.165) is 6.16 Å². The first kappa shape index (κ1) is 17.0. The minimum atomic E-state index is -2.73. The van der Waals surface area contributed by atoms with E-state index in [0.29, 0.717) is 0 Å². The monoisotopic (exact) mass is 458 g/mol. The SMILES string of the molecule is OCCP1(I)(c2ccccc2)C(c2ccccc2)=Cc2ccccc21.